The van der Waals surface area contributed by atoms with Gasteiger partial charge < -0.3 is 19.3 Å². The quantitative estimate of drug-likeness (QED) is 0.318. The summed E-state index contributed by atoms with van der Waals surface area (Å²) in [6, 6.07) is 14.9. The molecule has 0 amide bonds. The lowest BCUT2D eigenvalue weighted by molar-refractivity contribution is 0.201. The van der Waals surface area contributed by atoms with Crippen molar-refractivity contribution in [2.45, 2.75) is 6.10 Å². The molecule has 2 heterocycles. The van der Waals surface area contributed by atoms with Crippen LogP contribution in [0.2, 0.25) is 0 Å². The van der Waals surface area contributed by atoms with E-state index < -0.39 is 27.7 Å². The highest BCUT2D eigenvalue weighted by molar-refractivity contribution is 7.92. The third kappa shape index (κ3) is 5.62. The number of rotatable bonds is 10. The van der Waals surface area contributed by atoms with Crippen molar-refractivity contribution in [2.24, 2.45) is 0 Å². The van der Waals surface area contributed by atoms with Gasteiger partial charge in [0.1, 0.15) is 28.7 Å². The summed E-state index contributed by atoms with van der Waals surface area (Å²) in [6.45, 7) is 0. The minimum atomic E-state index is -4.19. The minimum absolute atomic E-state index is 0.165. The highest BCUT2D eigenvalue weighted by atomic mass is 32.2. The fourth-order valence-electron chi connectivity index (χ4n) is 3.60. The van der Waals surface area contributed by atoms with Gasteiger partial charge in [0.05, 0.1) is 33.2 Å². The zero-order valence-corrected chi connectivity index (χ0v) is 20.9. The third-order valence-electron chi connectivity index (χ3n) is 5.33. The van der Waals surface area contributed by atoms with Crippen molar-refractivity contribution in [3.63, 3.8) is 0 Å². The Morgan fingerprint density at radius 1 is 0.946 bits per heavy atom. The molecule has 1 atom stereocenters. The maximum absolute atomic E-state index is 13.2. The van der Waals surface area contributed by atoms with E-state index in [1.807, 2.05) is 0 Å². The Balaban J connectivity index is 1.80. The molecule has 37 heavy (non-hydrogen) atoms. The van der Waals surface area contributed by atoms with Gasteiger partial charge in [-0.2, -0.15) is 0 Å². The number of ether oxygens (including phenoxy) is 3. The molecule has 2 N–H and O–H groups in total. The van der Waals surface area contributed by atoms with E-state index in [2.05, 4.69) is 19.9 Å². The first-order valence-electron chi connectivity index (χ1n) is 10.9. The minimum Gasteiger partial charge on any atom is -0.494 e. The van der Waals surface area contributed by atoms with Crippen LogP contribution in [0.1, 0.15) is 11.7 Å². The van der Waals surface area contributed by atoms with E-state index >= 15 is 0 Å². The number of para-hydroxylation sites is 1. The average Bonchev–Trinajstić information content (AvgIpc) is 3.30. The second-order valence-electron chi connectivity index (χ2n) is 7.71. The normalized spacial score (nSPS) is 12.1. The summed E-state index contributed by atoms with van der Waals surface area (Å²) in [5.74, 6) is -0.267. The molecule has 0 aliphatic heterocycles. The van der Waals surface area contributed by atoms with E-state index in [1.54, 1.807) is 36.4 Å². The molecule has 4 rings (SSSR count). The maximum Gasteiger partial charge on any atom is 0.243 e. The molecule has 0 fully saturated rings. The fraction of sp³-hybridized carbons (Fsp3) is 0.208. The van der Waals surface area contributed by atoms with Gasteiger partial charge in [0.2, 0.25) is 21.9 Å². The first-order chi connectivity index (χ1) is 17.8. The molecule has 0 aliphatic rings. The van der Waals surface area contributed by atoms with Crippen LogP contribution < -0.4 is 18.9 Å². The molecule has 0 spiro atoms. The van der Waals surface area contributed by atoms with Crippen LogP contribution in [0.25, 0.3) is 17.2 Å². The van der Waals surface area contributed by atoms with Crippen molar-refractivity contribution in [3.05, 3.63) is 72.0 Å². The summed E-state index contributed by atoms with van der Waals surface area (Å²) < 4.78 is 59.4. The van der Waals surface area contributed by atoms with E-state index in [1.165, 1.54) is 38.0 Å². The number of benzene rings is 2. The summed E-state index contributed by atoms with van der Waals surface area (Å²) in [6.07, 6.45) is -1.42. The van der Waals surface area contributed by atoms with E-state index in [0.717, 1.165) is 12.1 Å². The summed E-state index contributed by atoms with van der Waals surface area (Å²) in [4.78, 5) is 4.39. The van der Waals surface area contributed by atoms with Crippen molar-refractivity contribution in [1.82, 2.24) is 19.7 Å². The average molecular weight is 530 g/mol. The van der Waals surface area contributed by atoms with Crippen LogP contribution in [0.4, 0.5) is 10.3 Å². The molecule has 4 aromatic rings. The molecule has 0 aliphatic carbocycles. The van der Waals surface area contributed by atoms with Gasteiger partial charge in [0.25, 0.3) is 0 Å². The molecule has 194 valence electrons. The van der Waals surface area contributed by atoms with Gasteiger partial charge in [-0.05, 0) is 35.9 Å². The number of halogens is 1. The Kier molecular flexibility index (Phi) is 7.55. The van der Waals surface area contributed by atoms with Crippen LogP contribution >= 0.6 is 0 Å². The Labute approximate surface area is 212 Å². The SMILES string of the molecule is COc1cccc(-c2nnc(NS(=O)(=O)CC(O)c3ccc(F)cc3)n2-c2c(OC)cccc2OC)n1. The second-order valence-corrected chi connectivity index (χ2v) is 9.48. The first kappa shape index (κ1) is 25.9. The molecule has 13 heteroatoms. The van der Waals surface area contributed by atoms with Gasteiger partial charge in [-0.1, -0.05) is 24.3 Å². The van der Waals surface area contributed by atoms with Gasteiger partial charge >= 0.3 is 0 Å². The number of hydrogen-bond donors (Lipinski definition) is 2. The van der Waals surface area contributed by atoms with Crippen LogP contribution in [0.3, 0.4) is 0 Å². The van der Waals surface area contributed by atoms with Crippen LogP contribution in [-0.4, -0.2) is 60.4 Å². The molecule has 11 nitrogen and oxygen atoms in total. The number of aliphatic hydroxyl groups excluding tert-OH is 1. The number of nitrogens with one attached hydrogen (secondary N) is 1. The number of hydrogen-bond acceptors (Lipinski definition) is 9. The van der Waals surface area contributed by atoms with Crippen molar-refractivity contribution >= 4 is 16.0 Å². The molecule has 0 radical (unpaired) electrons. The highest BCUT2D eigenvalue weighted by Gasteiger charge is 2.27. The fourth-order valence-corrected chi connectivity index (χ4v) is 4.70. The molecule has 1 unspecified atom stereocenters. The Morgan fingerprint density at radius 3 is 2.22 bits per heavy atom. The lowest BCUT2D eigenvalue weighted by Crippen LogP contribution is -2.23. The molecule has 2 aromatic heterocycles. The smallest absolute Gasteiger partial charge is 0.243 e. The number of sulfonamides is 1. The van der Waals surface area contributed by atoms with Gasteiger partial charge in [-0.15, -0.1) is 10.2 Å². The number of pyridine rings is 1. The second kappa shape index (κ2) is 10.8. The molecular formula is C24H24FN5O6S. The standard InChI is InChI=1S/C24H24FN5O6S/c1-34-19-7-5-8-20(35-2)22(19)30-23(17-6-4-9-21(26-17)36-3)27-28-24(30)29-37(32,33)14-18(31)15-10-12-16(25)13-11-15/h4-13,18,31H,14H2,1-3H3,(H,28,29). The topological polar surface area (TPSA) is 138 Å². The Morgan fingerprint density at radius 2 is 1.59 bits per heavy atom. The summed E-state index contributed by atoms with van der Waals surface area (Å²) in [5, 5.41) is 18.7. The van der Waals surface area contributed by atoms with Crippen molar-refractivity contribution < 1.29 is 32.1 Å². The molecule has 0 saturated heterocycles. The zero-order chi connectivity index (χ0) is 26.6. The number of methoxy groups -OCH3 is 3. The van der Waals surface area contributed by atoms with E-state index in [-0.39, 0.29) is 17.3 Å². The Bertz CT molecular complexity index is 1470. The largest absolute Gasteiger partial charge is 0.494 e. The van der Waals surface area contributed by atoms with Crippen molar-refractivity contribution in [1.29, 1.82) is 0 Å². The maximum atomic E-state index is 13.2. The molecule has 0 bridgehead atoms. The van der Waals surface area contributed by atoms with Crippen LogP contribution in [0.15, 0.2) is 60.7 Å². The molecule has 2 aromatic carbocycles. The molecular weight excluding hydrogens is 505 g/mol. The zero-order valence-electron chi connectivity index (χ0n) is 20.1. The number of nitrogens with zero attached hydrogens (tertiary/aromatic N) is 4. The lowest BCUT2D eigenvalue weighted by Gasteiger charge is -2.18. The van der Waals surface area contributed by atoms with Gasteiger partial charge in [-0.25, -0.2) is 17.8 Å². The lowest BCUT2D eigenvalue weighted by atomic mass is 10.1. The molecule has 0 saturated carbocycles. The Hall–Kier alpha value is -4.23. The highest BCUT2D eigenvalue weighted by Crippen LogP contribution is 2.37. The summed E-state index contributed by atoms with van der Waals surface area (Å²) in [7, 11) is 0.184. The van der Waals surface area contributed by atoms with Gasteiger partial charge in [0, 0.05) is 6.07 Å². The predicted molar refractivity (Wildman–Crippen MR) is 133 cm³/mol. The third-order valence-corrected chi connectivity index (χ3v) is 6.58. The van der Waals surface area contributed by atoms with E-state index in [0.29, 0.717) is 28.8 Å². The van der Waals surface area contributed by atoms with E-state index in [9.17, 15) is 17.9 Å². The summed E-state index contributed by atoms with van der Waals surface area (Å²) in [5.41, 5.74) is 0.881. The van der Waals surface area contributed by atoms with Crippen molar-refractivity contribution in [2.75, 3.05) is 31.8 Å². The van der Waals surface area contributed by atoms with Gasteiger partial charge in [-0.3, -0.25) is 9.29 Å². The van der Waals surface area contributed by atoms with Crippen LogP contribution in [0.5, 0.6) is 17.4 Å². The van der Waals surface area contributed by atoms with Gasteiger partial charge in [0.15, 0.2) is 5.82 Å². The van der Waals surface area contributed by atoms with Crippen LogP contribution in [0, 0.1) is 5.82 Å². The number of aliphatic hydroxyl groups is 1. The van der Waals surface area contributed by atoms with Crippen molar-refractivity contribution in [3.8, 4) is 34.6 Å². The van der Waals surface area contributed by atoms with Crippen LogP contribution in [-0.2, 0) is 10.0 Å². The van der Waals surface area contributed by atoms with E-state index in [4.69, 9.17) is 14.2 Å². The summed E-state index contributed by atoms with van der Waals surface area (Å²) >= 11 is 0. The number of aromatic nitrogens is 4. The predicted octanol–water partition coefficient (Wildman–Crippen LogP) is 2.97. The monoisotopic (exact) mass is 529 g/mol. The first-order valence-corrected chi connectivity index (χ1v) is 12.5. The number of anilines is 1.